The molecule has 0 spiro atoms. The van der Waals surface area contributed by atoms with E-state index in [4.69, 9.17) is 28.3 Å². The summed E-state index contributed by atoms with van der Waals surface area (Å²) in [4.78, 5) is 14.3. The fourth-order valence-electron chi connectivity index (χ4n) is 5.74. The van der Waals surface area contributed by atoms with E-state index in [2.05, 4.69) is 52.0 Å². The quantitative estimate of drug-likeness (QED) is 0.174. The Morgan fingerprint density at radius 1 is 0.864 bits per heavy atom. The zero-order valence-electron chi connectivity index (χ0n) is 27.5. The molecule has 0 aromatic heterocycles. The van der Waals surface area contributed by atoms with Crippen molar-refractivity contribution in [3.05, 3.63) is 59.2 Å². The normalized spacial score (nSPS) is 21.7. The molecule has 2 fully saturated rings. The Morgan fingerprint density at radius 2 is 1.55 bits per heavy atom. The second kappa shape index (κ2) is 13.8. The average Bonchev–Trinajstić information content (AvgIpc) is 3.45. The number of aryl methyl sites for hydroxylation is 1. The van der Waals surface area contributed by atoms with Gasteiger partial charge in [-0.2, -0.15) is 0 Å². The van der Waals surface area contributed by atoms with Gasteiger partial charge in [-0.3, -0.25) is 0 Å². The van der Waals surface area contributed by atoms with Crippen molar-refractivity contribution in [2.45, 2.75) is 116 Å². The first kappa shape index (κ1) is 32.8. The van der Waals surface area contributed by atoms with Crippen molar-refractivity contribution >= 4 is 18.7 Å². The van der Waals surface area contributed by atoms with E-state index in [1.54, 1.807) is 0 Å². The Kier molecular flexibility index (Phi) is 10.3. The van der Waals surface area contributed by atoms with Gasteiger partial charge in [0, 0.05) is 39.2 Å². The van der Waals surface area contributed by atoms with Crippen molar-refractivity contribution < 1.29 is 33.1 Å². The fourth-order valence-corrected chi connectivity index (χ4v) is 5.74. The summed E-state index contributed by atoms with van der Waals surface area (Å²) in [5.41, 5.74) is 3.73. The van der Waals surface area contributed by atoms with E-state index >= 15 is 0 Å². The molecule has 3 aliphatic rings. The molecule has 2 aromatic carbocycles. The zero-order chi connectivity index (χ0) is 31.4. The van der Waals surface area contributed by atoms with Gasteiger partial charge < -0.3 is 33.2 Å². The van der Waals surface area contributed by atoms with Gasteiger partial charge >= 0.3 is 13.2 Å². The summed E-state index contributed by atoms with van der Waals surface area (Å²) in [6.45, 7) is 15.5. The highest BCUT2D eigenvalue weighted by Crippen LogP contribution is 2.37. The molecule has 3 heterocycles. The molecule has 0 saturated carbocycles. The number of cyclic esters (lactones) is 1. The number of unbranched alkanes of at least 4 members (excludes halogenated alkanes) is 4. The van der Waals surface area contributed by atoms with Gasteiger partial charge in [0.1, 0.15) is 11.9 Å². The first-order valence-corrected chi connectivity index (χ1v) is 16.4. The molecule has 0 N–H and O–H groups in total. The highest BCUT2D eigenvalue weighted by molar-refractivity contribution is 6.62. The van der Waals surface area contributed by atoms with Crippen LogP contribution in [0, 0.1) is 0 Å². The molecule has 1 amide bonds. The summed E-state index contributed by atoms with van der Waals surface area (Å²) in [6.07, 6.45) is 6.90. The predicted octanol–water partition coefficient (Wildman–Crippen LogP) is 6.72. The second-order valence-electron chi connectivity index (χ2n) is 13.8. The smallest absolute Gasteiger partial charge is 0.463 e. The fraction of sp³-hybridized carbons (Fsp3) is 0.629. The molecule has 2 aromatic rings. The number of carbonyl (C=O) groups excluding carboxylic acids is 1. The van der Waals surface area contributed by atoms with Crippen molar-refractivity contribution in [3.8, 4) is 5.75 Å². The third-order valence-electron chi connectivity index (χ3n) is 9.25. The number of fused-ring (bicyclic) bond motifs is 1. The molecule has 240 valence electrons. The van der Waals surface area contributed by atoms with Crippen LogP contribution >= 0.6 is 0 Å². The van der Waals surface area contributed by atoms with Crippen LogP contribution in [0.25, 0.3) is 0 Å². The molecule has 2 saturated heterocycles. The Morgan fingerprint density at radius 3 is 2.27 bits per heavy atom. The summed E-state index contributed by atoms with van der Waals surface area (Å²) in [6, 6.07) is 14.6. The van der Waals surface area contributed by atoms with E-state index in [1.807, 2.05) is 36.9 Å². The lowest BCUT2D eigenvalue weighted by atomic mass is 9.78. The van der Waals surface area contributed by atoms with Crippen molar-refractivity contribution in [2.24, 2.45) is 0 Å². The van der Waals surface area contributed by atoms with Crippen LogP contribution in [0.2, 0.25) is 0 Å². The van der Waals surface area contributed by atoms with Crippen molar-refractivity contribution in [1.29, 1.82) is 0 Å². The topological polar surface area (TPSA) is 75.7 Å². The van der Waals surface area contributed by atoms with Crippen LogP contribution in [0.1, 0.15) is 103 Å². The van der Waals surface area contributed by atoms with Gasteiger partial charge in [-0.25, -0.2) is 4.79 Å². The largest absolute Gasteiger partial charge is 0.494 e. The maximum Gasteiger partial charge on any atom is 0.494 e. The van der Waals surface area contributed by atoms with Crippen LogP contribution < -0.4 is 10.2 Å². The Bertz CT molecular complexity index is 1250. The van der Waals surface area contributed by atoms with Crippen LogP contribution in [0.15, 0.2) is 42.5 Å². The zero-order valence-corrected chi connectivity index (χ0v) is 27.5. The molecule has 0 aliphatic carbocycles. The average molecular weight is 608 g/mol. The molecule has 0 unspecified atom stereocenters. The van der Waals surface area contributed by atoms with E-state index in [-0.39, 0.29) is 30.5 Å². The van der Waals surface area contributed by atoms with E-state index in [1.165, 1.54) is 5.56 Å². The molecule has 5 rings (SSSR count). The molecule has 0 radical (unpaired) electrons. The van der Waals surface area contributed by atoms with Crippen molar-refractivity contribution in [2.75, 3.05) is 26.3 Å². The standard InChI is InChI=1S/C35H50BNO7/c1-33(2)34(3,4)44-36(43-33)29-17-14-26(15-18-29)13-9-12-22-39-21-11-8-7-10-20-37-24-31(41-32(37)38)27-16-19-30-28(23-27)25-40-35(5,6)42-30/h14-19,23,31H,7-13,20-22,24-25H2,1-6H3/t31-/m0/s1. The summed E-state index contributed by atoms with van der Waals surface area (Å²) in [5.74, 6) is 0.208. The van der Waals surface area contributed by atoms with Gasteiger partial charge in [-0.05, 0) is 88.5 Å². The van der Waals surface area contributed by atoms with Crippen LogP contribution in [0.4, 0.5) is 4.79 Å². The number of rotatable bonds is 14. The first-order chi connectivity index (χ1) is 20.9. The number of hydrogen-bond acceptors (Lipinski definition) is 7. The van der Waals surface area contributed by atoms with Crippen molar-refractivity contribution in [3.63, 3.8) is 0 Å². The molecule has 1 atom stereocenters. The lowest BCUT2D eigenvalue weighted by Crippen LogP contribution is -2.41. The number of amides is 1. The SMILES string of the molecule is CC1(C)OCc2cc([C@@H]3CN(CCCCCCOCCCCc4ccc(B5OC(C)(C)C(C)(C)O5)cc4)C(=O)O3)ccc2O1. The number of nitrogens with zero attached hydrogens (tertiary/aromatic N) is 1. The van der Waals surface area contributed by atoms with Gasteiger partial charge in [0.15, 0.2) is 0 Å². The molecule has 9 heteroatoms. The summed E-state index contributed by atoms with van der Waals surface area (Å²) < 4.78 is 35.5. The molecular weight excluding hydrogens is 557 g/mol. The van der Waals surface area contributed by atoms with E-state index in [0.717, 1.165) is 87.0 Å². The molecular formula is C35H50BNO7. The van der Waals surface area contributed by atoms with Crippen molar-refractivity contribution in [1.82, 2.24) is 4.90 Å². The van der Waals surface area contributed by atoms with Crippen LogP contribution in [0.3, 0.4) is 0 Å². The van der Waals surface area contributed by atoms with Gasteiger partial charge in [0.05, 0.1) is 24.4 Å². The Labute approximate surface area is 263 Å². The molecule has 8 nitrogen and oxygen atoms in total. The number of ether oxygens (including phenoxy) is 4. The maximum absolute atomic E-state index is 12.4. The van der Waals surface area contributed by atoms with E-state index in [0.29, 0.717) is 13.2 Å². The molecule has 3 aliphatic heterocycles. The second-order valence-corrected chi connectivity index (χ2v) is 13.8. The van der Waals surface area contributed by atoms with E-state index < -0.39 is 5.79 Å². The lowest BCUT2D eigenvalue weighted by Gasteiger charge is -2.32. The third kappa shape index (κ3) is 8.16. The first-order valence-electron chi connectivity index (χ1n) is 16.4. The minimum absolute atomic E-state index is 0.231. The predicted molar refractivity (Wildman–Crippen MR) is 171 cm³/mol. The minimum Gasteiger partial charge on any atom is -0.463 e. The maximum atomic E-state index is 12.4. The van der Waals surface area contributed by atoms with E-state index in [9.17, 15) is 4.79 Å². The third-order valence-corrected chi connectivity index (χ3v) is 9.25. The highest BCUT2D eigenvalue weighted by atomic mass is 16.7. The number of hydrogen-bond donors (Lipinski definition) is 0. The number of carbonyl (C=O) groups is 1. The molecule has 0 bridgehead atoms. The summed E-state index contributed by atoms with van der Waals surface area (Å²) >= 11 is 0. The minimum atomic E-state index is -0.621. The van der Waals surface area contributed by atoms with Gasteiger partial charge in [0.2, 0.25) is 5.79 Å². The van der Waals surface area contributed by atoms with Crippen LogP contribution in [-0.2, 0) is 36.5 Å². The van der Waals surface area contributed by atoms with Gasteiger partial charge in [-0.1, -0.05) is 43.2 Å². The number of benzene rings is 2. The monoisotopic (exact) mass is 607 g/mol. The highest BCUT2D eigenvalue weighted by Gasteiger charge is 2.51. The van der Waals surface area contributed by atoms with Crippen LogP contribution in [-0.4, -0.2) is 61.4 Å². The summed E-state index contributed by atoms with van der Waals surface area (Å²) in [5, 5.41) is 0. The Hall–Kier alpha value is -2.59. The lowest BCUT2D eigenvalue weighted by molar-refractivity contribution is -0.180. The van der Waals surface area contributed by atoms with Gasteiger partial charge in [0.25, 0.3) is 0 Å². The molecule has 44 heavy (non-hydrogen) atoms. The Balaban J connectivity index is 0.889. The van der Waals surface area contributed by atoms with Gasteiger partial charge in [-0.15, -0.1) is 0 Å². The summed E-state index contributed by atoms with van der Waals surface area (Å²) in [7, 11) is -0.308. The van der Waals surface area contributed by atoms with Crippen LogP contribution in [0.5, 0.6) is 5.75 Å².